The highest BCUT2D eigenvalue weighted by atomic mass is 32.1. The van der Waals surface area contributed by atoms with Crippen molar-refractivity contribution < 1.29 is 9.72 Å². The molecule has 0 fully saturated rings. The molecule has 3 aromatic heterocycles. The highest BCUT2D eigenvalue weighted by Crippen LogP contribution is 2.18. The van der Waals surface area contributed by atoms with Gasteiger partial charge in [-0.2, -0.15) is 5.10 Å². The molecule has 0 aliphatic carbocycles. The van der Waals surface area contributed by atoms with Crippen molar-refractivity contribution in [2.45, 2.75) is 19.6 Å². The van der Waals surface area contributed by atoms with Crippen molar-refractivity contribution in [2.24, 2.45) is 0 Å². The number of hydrogen-bond acceptors (Lipinski definition) is 6. The van der Waals surface area contributed by atoms with Gasteiger partial charge in [0, 0.05) is 9.75 Å². The summed E-state index contributed by atoms with van der Waals surface area (Å²) in [6, 6.07) is 7.87. The third-order valence-electron chi connectivity index (χ3n) is 3.33. The molecule has 3 aromatic rings. The molecule has 24 heavy (non-hydrogen) atoms. The quantitative estimate of drug-likeness (QED) is 0.478. The predicted molar refractivity (Wildman–Crippen MR) is 91.8 cm³/mol. The Morgan fingerprint density at radius 3 is 2.29 bits per heavy atom. The summed E-state index contributed by atoms with van der Waals surface area (Å²) in [5.74, 6) is -0.130. The number of aromatic nitrogens is 2. The summed E-state index contributed by atoms with van der Waals surface area (Å²) in [6.45, 7) is 1.00. The number of hydrogen-bond donors (Lipinski definition) is 0. The first-order valence-corrected chi connectivity index (χ1v) is 8.87. The Bertz CT molecular complexity index is 776. The van der Waals surface area contributed by atoms with Crippen molar-refractivity contribution in [1.29, 1.82) is 0 Å². The molecular formula is C15H14N4O3S2. The molecule has 124 valence electrons. The molecule has 0 aliphatic rings. The number of nitro groups is 1. The molecule has 0 aromatic carbocycles. The third kappa shape index (κ3) is 4.06. The lowest BCUT2D eigenvalue weighted by Crippen LogP contribution is -2.32. The summed E-state index contributed by atoms with van der Waals surface area (Å²) >= 11 is 3.19. The fraction of sp³-hybridized carbons (Fsp3) is 0.200. The van der Waals surface area contributed by atoms with Gasteiger partial charge in [-0.15, -0.1) is 22.7 Å². The molecule has 0 N–H and O–H groups in total. The Labute approximate surface area is 145 Å². The van der Waals surface area contributed by atoms with E-state index in [0.29, 0.717) is 13.1 Å². The zero-order valence-electron chi connectivity index (χ0n) is 12.6. The van der Waals surface area contributed by atoms with Gasteiger partial charge >= 0.3 is 5.69 Å². The van der Waals surface area contributed by atoms with Crippen LogP contribution in [0, 0.1) is 10.1 Å². The van der Waals surface area contributed by atoms with Gasteiger partial charge < -0.3 is 4.90 Å². The second-order valence-corrected chi connectivity index (χ2v) is 7.13. The van der Waals surface area contributed by atoms with Gasteiger partial charge in [-0.05, 0) is 22.9 Å². The molecule has 0 saturated carbocycles. The van der Waals surface area contributed by atoms with E-state index in [1.807, 2.05) is 35.0 Å². The van der Waals surface area contributed by atoms with Crippen molar-refractivity contribution >= 4 is 34.3 Å². The van der Waals surface area contributed by atoms with E-state index in [-0.39, 0.29) is 18.1 Å². The molecule has 9 heteroatoms. The summed E-state index contributed by atoms with van der Waals surface area (Å²) < 4.78 is 1.30. The van der Waals surface area contributed by atoms with Crippen LogP contribution >= 0.6 is 22.7 Å². The third-order valence-corrected chi connectivity index (χ3v) is 5.06. The molecule has 0 radical (unpaired) electrons. The maximum absolute atomic E-state index is 12.6. The number of carbonyl (C=O) groups excluding carboxylic acids is 1. The molecule has 7 nitrogen and oxygen atoms in total. The second kappa shape index (κ2) is 7.37. The summed E-state index contributed by atoms with van der Waals surface area (Å²) in [5, 5.41) is 18.5. The molecular weight excluding hydrogens is 348 g/mol. The Kier molecular flexibility index (Phi) is 5.02. The fourth-order valence-corrected chi connectivity index (χ4v) is 3.62. The average molecular weight is 362 g/mol. The minimum Gasteiger partial charge on any atom is -0.331 e. The SMILES string of the molecule is O=C(Cn1cc([N+](=O)[O-])cn1)N(Cc1cccs1)Cc1cccs1. The summed E-state index contributed by atoms with van der Waals surface area (Å²) in [5.41, 5.74) is -0.120. The number of rotatable bonds is 7. The van der Waals surface area contributed by atoms with E-state index in [0.717, 1.165) is 16.0 Å². The van der Waals surface area contributed by atoms with Gasteiger partial charge in [-0.25, -0.2) is 0 Å². The molecule has 0 bridgehead atoms. The molecule has 0 atom stereocenters. The molecule has 0 spiro atoms. The van der Waals surface area contributed by atoms with E-state index in [1.165, 1.54) is 10.9 Å². The molecule has 3 rings (SSSR count). The van der Waals surface area contributed by atoms with Crippen LogP contribution in [-0.2, 0) is 24.4 Å². The van der Waals surface area contributed by atoms with Crippen molar-refractivity contribution in [3.8, 4) is 0 Å². The summed E-state index contributed by atoms with van der Waals surface area (Å²) in [7, 11) is 0. The number of amides is 1. The predicted octanol–water partition coefficient (Wildman–Crippen LogP) is 3.14. The average Bonchev–Trinajstić information content (AvgIpc) is 3.29. The minimum atomic E-state index is -0.525. The maximum Gasteiger partial charge on any atom is 0.307 e. The van der Waals surface area contributed by atoms with E-state index in [4.69, 9.17) is 0 Å². The highest BCUT2D eigenvalue weighted by Gasteiger charge is 2.18. The summed E-state index contributed by atoms with van der Waals surface area (Å²) in [6.07, 6.45) is 2.42. The first-order chi connectivity index (χ1) is 11.6. The van der Waals surface area contributed by atoms with Crippen LogP contribution < -0.4 is 0 Å². The van der Waals surface area contributed by atoms with Crippen LogP contribution in [0.15, 0.2) is 47.4 Å². The first kappa shape index (κ1) is 16.3. The molecule has 0 aliphatic heterocycles. The largest absolute Gasteiger partial charge is 0.331 e. The summed E-state index contributed by atoms with van der Waals surface area (Å²) in [4.78, 5) is 26.8. The Hall–Kier alpha value is -2.52. The van der Waals surface area contributed by atoms with Crippen molar-refractivity contribution in [1.82, 2.24) is 14.7 Å². The molecule has 1 amide bonds. The van der Waals surface area contributed by atoms with Crippen LogP contribution in [0.25, 0.3) is 0 Å². The van der Waals surface area contributed by atoms with Gasteiger partial charge in [0.1, 0.15) is 18.9 Å². The van der Waals surface area contributed by atoms with Gasteiger partial charge in [0.2, 0.25) is 5.91 Å². The van der Waals surface area contributed by atoms with Crippen LogP contribution in [0.1, 0.15) is 9.75 Å². The number of nitrogens with zero attached hydrogens (tertiary/aromatic N) is 4. The van der Waals surface area contributed by atoms with E-state index >= 15 is 0 Å². The first-order valence-electron chi connectivity index (χ1n) is 7.11. The molecule has 0 saturated heterocycles. The second-order valence-electron chi connectivity index (χ2n) is 5.06. The van der Waals surface area contributed by atoms with Crippen LogP contribution in [-0.4, -0.2) is 25.5 Å². The smallest absolute Gasteiger partial charge is 0.307 e. The van der Waals surface area contributed by atoms with Gasteiger partial charge in [-0.3, -0.25) is 19.6 Å². The van der Waals surface area contributed by atoms with Crippen molar-refractivity contribution in [3.63, 3.8) is 0 Å². The lowest BCUT2D eigenvalue weighted by molar-refractivity contribution is -0.385. The molecule has 0 unspecified atom stereocenters. The van der Waals surface area contributed by atoms with Crippen LogP contribution in [0.2, 0.25) is 0 Å². The number of carbonyl (C=O) groups is 1. The maximum atomic E-state index is 12.6. The Morgan fingerprint density at radius 1 is 1.21 bits per heavy atom. The lowest BCUT2D eigenvalue weighted by Gasteiger charge is -2.21. The topological polar surface area (TPSA) is 81.3 Å². The van der Waals surface area contributed by atoms with Crippen molar-refractivity contribution in [3.05, 3.63) is 67.3 Å². The fourth-order valence-electron chi connectivity index (χ4n) is 2.19. The monoisotopic (exact) mass is 362 g/mol. The van der Waals surface area contributed by atoms with E-state index in [2.05, 4.69) is 5.10 Å². The zero-order valence-corrected chi connectivity index (χ0v) is 14.2. The Balaban J connectivity index is 1.72. The lowest BCUT2D eigenvalue weighted by atomic mass is 10.3. The van der Waals surface area contributed by atoms with E-state index < -0.39 is 4.92 Å². The Morgan fingerprint density at radius 2 is 1.83 bits per heavy atom. The normalized spacial score (nSPS) is 10.7. The van der Waals surface area contributed by atoms with Crippen LogP contribution in [0.3, 0.4) is 0 Å². The van der Waals surface area contributed by atoms with Gasteiger partial charge in [0.25, 0.3) is 0 Å². The highest BCUT2D eigenvalue weighted by molar-refractivity contribution is 7.10. The zero-order chi connectivity index (χ0) is 16.9. The van der Waals surface area contributed by atoms with Gasteiger partial charge in [-0.1, -0.05) is 12.1 Å². The van der Waals surface area contributed by atoms with Crippen LogP contribution in [0.4, 0.5) is 5.69 Å². The van der Waals surface area contributed by atoms with E-state index in [1.54, 1.807) is 27.6 Å². The minimum absolute atomic E-state index is 0.0232. The standard InChI is InChI=1S/C15H14N4O3S2/c20-15(11-18-8-12(7-16-18)19(21)22)17(9-13-3-1-5-23-13)10-14-4-2-6-24-14/h1-8H,9-11H2. The van der Waals surface area contributed by atoms with Gasteiger partial charge in [0.05, 0.1) is 18.0 Å². The van der Waals surface area contributed by atoms with Crippen molar-refractivity contribution in [2.75, 3.05) is 0 Å². The van der Waals surface area contributed by atoms with Gasteiger partial charge in [0.15, 0.2) is 0 Å². The number of thiophene rings is 2. The molecule has 3 heterocycles. The van der Waals surface area contributed by atoms with Crippen LogP contribution in [0.5, 0.6) is 0 Å². The van der Waals surface area contributed by atoms with E-state index in [9.17, 15) is 14.9 Å².